The van der Waals surface area contributed by atoms with E-state index in [1.54, 1.807) is 12.1 Å². The summed E-state index contributed by atoms with van der Waals surface area (Å²) in [6.45, 7) is 0. The zero-order valence-corrected chi connectivity index (χ0v) is 12.8. The summed E-state index contributed by atoms with van der Waals surface area (Å²) in [5, 5.41) is 15.0. The van der Waals surface area contributed by atoms with Gasteiger partial charge in [-0.15, -0.1) is 0 Å². The Morgan fingerprint density at radius 2 is 2.10 bits per heavy atom. The molecule has 0 bridgehead atoms. The molecule has 0 saturated carbocycles. The summed E-state index contributed by atoms with van der Waals surface area (Å²) < 4.78 is 0.593. The van der Waals surface area contributed by atoms with E-state index >= 15 is 0 Å². The van der Waals surface area contributed by atoms with Crippen LogP contribution >= 0.6 is 39.1 Å². The molecule has 0 spiro atoms. The van der Waals surface area contributed by atoms with Crippen LogP contribution in [0.4, 0.5) is 5.69 Å². The lowest BCUT2D eigenvalue weighted by Gasteiger charge is -2.11. The van der Waals surface area contributed by atoms with Gasteiger partial charge in [-0.3, -0.25) is 4.79 Å². The Kier molecular flexibility index (Phi) is 4.52. The Labute approximate surface area is 131 Å². The summed E-state index contributed by atoms with van der Waals surface area (Å²) in [6, 6.07) is 3.18. The molecule has 1 aromatic carbocycles. The van der Waals surface area contributed by atoms with Crippen molar-refractivity contribution in [1.82, 2.24) is 0 Å². The SMILES string of the molecule is O=C(O)C1=NOC(C(=O)Nc2ccc(Br)c(Cl)c2Cl)C1. The summed E-state index contributed by atoms with van der Waals surface area (Å²) in [6.07, 6.45) is -1.11. The number of benzene rings is 1. The lowest BCUT2D eigenvalue weighted by atomic mass is 10.1. The number of hydrogen-bond acceptors (Lipinski definition) is 4. The van der Waals surface area contributed by atoms with Crippen LogP contribution in [0, 0.1) is 0 Å². The molecule has 0 aromatic heterocycles. The van der Waals surface area contributed by atoms with Crippen LogP contribution in [0.1, 0.15) is 6.42 Å². The summed E-state index contributed by atoms with van der Waals surface area (Å²) >= 11 is 15.1. The largest absolute Gasteiger partial charge is 0.477 e. The lowest BCUT2D eigenvalue weighted by molar-refractivity contribution is -0.129. The predicted molar refractivity (Wildman–Crippen MR) is 77.4 cm³/mol. The van der Waals surface area contributed by atoms with Gasteiger partial charge < -0.3 is 15.3 Å². The van der Waals surface area contributed by atoms with Crippen LogP contribution < -0.4 is 5.32 Å². The second kappa shape index (κ2) is 5.99. The quantitative estimate of drug-likeness (QED) is 0.788. The number of oxime groups is 1. The average molecular weight is 382 g/mol. The standard InChI is InChI=1S/C11H7BrCl2N2O4/c12-4-1-2-5(9(14)8(4)13)15-10(17)7-3-6(11(18)19)16-20-7/h1-2,7H,3H2,(H,15,17)(H,18,19). The highest BCUT2D eigenvalue weighted by Crippen LogP contribution is 2.36. The van der Waals surface area contributed by atoms with Crippen LogP contribution in [0.25, 0.3) is 0 Å². The lowest BCUT2D eigenvalue weighted by Crippen LogP contribution is -2.29. The highest BCUT2D eigenvalue weighted by Gasteiger charge is 2.31. The van der Waals surface area contributed by atoms with Crippen LogP contribution in [0.15, 0.2) is 21.8 Å². The van der Waals surface area contributed by atoms with Crippen molar-refractivity contribution in [3.05, 3.63) is 26.7 Å². The van der Waals surface area contributed by atoms with Crippen molar-refractivity contribution < 1.29 is 19.5 Å². The molecule has 1 aliphatic heterocycles. The number of carboxylic acids is 1. The number of carbonyl (C=O) groups is 2. The van der Waals surface area contributed by atoms with E-state index in [1.165, 1.54) is 0 Å². The topological polar surface area (TPSA) is 88.0 Å². The molecule has 1 aromatic rings. The molecule has 0 radical (unpaired) electrons. The fraction of sp³-hybridized carbons (Fsp3) is 0.182. The van der Waals surface area contributed by atoms with Gasteiger partial charge in [-0.2, -0.15) is 0 Å². The zero-order valence-electron chi connectivity index (χ0n) is 9.69. The average Bonchev–Trinajstić information content (AvgIpc) is 2.89. The fourth-order valence-electron chi connectivity index (χ4n) is 1.48. The summed E-state index contributed by atoms with van der Waals surface area (Å²) in [7, 11) is 0. The summed E-state index contributed by atoms with van der Waals surface area (Å²) in [5.74, 6) is -1.77. The van der Waals surface area contributed by atoms with E-state index in [1.807, 2.05) is 0 Å². The molecule has 20 heavy (non-hydrogen) atoms. The van der Waals surface area contributed by atoms with E-state index in [4.69, 9.17) is 33.1 Å². The molecule has 0 saturated heterocycles. The van der Waals surface area contributed by atoms with Gasteiger partial charge in [0.15, 0.2) is 5.71 Å². The van der Waals surface area contributed by atoms with Crippen molar-refractivity contribution in [1.29, 1.82) is 0 Å². The van der Waals surface area contributed by atoms with Gasteiger partial charge in [0, 0.05) is 10.9 Å². The van der Waals surface area contributed by atoms with Crippen LogP contribution in [0.5, 0.6) is 0 Å². The third-order valence-corrected chi connectivity index (χ3v) is 4.27. The van der Waals surface area contributed by atoms with Gasteiger partial charge in [-0.1, -0.05) is 28.4 Å². The Morgan fingerprint density at radius 1 is 1.40 bits per heavy atom. The van der Waals surface area contributed by atoms with E-state index in [2.05, 4.69) is 26.4 Å². The zero-order chi connectivity index (χ0) is 14.9. The number of hydrogen-bond donors (Lipinski definition) is 2. The van der Waals surface area contributed by atoms with Crippen LogP contribution in [-0.4, -0.2) is 28.8 Å². The first kappa shape index (κ1) is 15.1. The Bertz CT molecular complexity index is 621. The van der Waals surface area contributed by atoms with E-state index in [-0.39, 0.29) is 22.2 Å². The maximum absolute atomic E-state index is 11.9. The molecule has 106 valence electrons. The highest BCUT2D eigenvalue weighted by molar-refractivity contribution is 9.10. The highest BCUT2D eigenvalue weighted by atomic mass is 79.9. The van der Waals surface area contributed by atoms with Crippen molar-refractivity contribution in [3.8, 4) is 0 Å². The van der Waals surface area contributed by atoms with Crippen LogP contribution in [-0.2, 0) is 14.4 Å². The van der Waals surface area contributed by atoms with Gasteiger partial charge in [-0.25, -0.2) is 4.79 Å². The van der Waals surface area contributed by atoms with E-state index in [0.29, 0.717) is 10.2 Å². The Balaban J connectivity index is 2.07. The van der Waals surface area contributed by atoms with Gasteiger partial charge in [0.2, 0.25) is 6.10 Å². The van der Waals surface area contributed by atoms with Crippen LogP contribution in [0.3, 0.4) is 0 Å². The molecule has 6 nitrogen and oxygen atoms in total. The predicted octanol–water partition coefficient (Wildman–Crippen LogP) is 2.92. The van der Waals surface area contributed by atoms with E-state index in [0.717, 1.165) is 0 Å². The Morgan fingerprint density at radius 3 is 2.70 bits per heavy atom. The number of nitrogens with zero attached hydrogens (tertiary/aromatic N) is 1. The molecule has 1 atom stereocenters. The maximum Gasteiger partial charge on any atom is 0.353 e. The van der Waals surface area contributed by atoms with Gasteiger partial charge in [0.25, 0.3) is 5.91 Å². The molecular weight excluding hydrogens is 375 g/mol. The van der Waals surface area contributed by atoms with Crippen LogP contribution in [0.2, 0.25) is 10.0 Å². The molecule has 1 unspecified atom stereocenters. The molecule has 1 aliphatic rings. The number of carbonyl (C=O) groups excluding carboxylic acids is 1. The number of rotatable bonds is 3. The minimum atomic E-state index is -1.22. The minimum Gasteiger partial charge on any atom is -0.477 e. The van der Waals surface area contributed by atoms with Crippen molar-refractivity contribution >= 4 is 62.4 Å². The van der Waals surface area contributed by atoms with Crippen molar-refractivity contribution in [2.45, 2.75) is 12.5 Å². The number of nitrogens with one attached hydrogen (secondary N) is 1. The number of halogens is 3. The van der Waals surface area contributed by atoms with Gasteiger partial charge in [0.05, 0.1) is 15.7 Å². The Hall–Kier alpha value is -1.31. The van der Waals surface area contributed by atoms with Gasteiger partial charge in [0.1, 0.15) is 0 Å². The second-order valence-electron chi connectivity index (χ2n) is 3.85. The number of aliphatic carboxylic acids is 1. The monoisotopic (exact) mass is 380 g/mol. The van der Waals surface area contributed by atoms with Crippen molar-refractivity contribution in [3.63, 3.8) is 0 Å². The summed E-state index contributed by atoms with van der Waals surface area (Å²) in [4.78, 5) is 27.4. The van der Waals surface area contributed by atoms with E-state index in [9.17, 15) is 9.59 Å². The first-order chi connectivity index (χ1) is 9.40. The third-order valence-electron chi connectivity index (χ3n) is 2.50. The van der Waals surface area contributed by atoms with Gasteiger partial charge >= 0.3 is 5.97 Å². The van der Waals surface area contributed by atoms with Crippen molar-refractivity contribution in [2.75, 3.05) is 5.32 Å². The van der Waals surface area contributed by atoms with Crippen molar-refractivity contribution in [2.24, 2.45) is 5.16 Å². The molecule has 1 amide bonds. The number of anilines is 1. The normalized spacial score (nSPS) is 17.4. The molecule has 0 fully saturated rings. The number of carboxylic acid groups (broad SMARTS) is 1. The molecule has 9 heteroatoms. The fourth-order valence-corrected chi connectivity index (χ4v) is 2.30. The molecule has 2 N–H and O–H groups in total. The second-order valence-corrected chi connectivity index (χ2v) is 5.46. The molecule has 2 rings (SSSR count). The van der Waals surface area contributed by atoms with Gasteiger partial charge in [-0.05, 0) is 28.1 Å². The summed E-state index contributed by atoms with van der Waals surface area (Å²) in [5.41, 5.74) is 0.0994. The number of amides is 1. The molecule has 1 heterocycles. The van der Waals surface area contributed by atoms with E-state index < -0.39 is 18.0 Å². The molecular formula is C11H7BrCl2N2O4. The first-order valence-electron chi connectivity index (χ1n) is 5.30. The molecule has 0 aliphatic carbocycles. The maximum atomic E-state index is 11.9. The third kappa shape index (κ3) is 3.05. The first-order valence-corrected chi connectivity index (χ1v) is 6.85. The minimum absolute atomic E-state index is 0.108. The smallest absolute Gasteiger partial charge is 0.353 e.